The smallest absolute Gasteiger partial charge is 0.441 e. The first-order chi connectivity index (χ1) is 22.0. The predicted molar refractivity (Wildman–Crippen MR) is 149 cm³/mol. The van der Waals surface area contributed by atoms with Gasteiger partial charge in [-0.05, 0) is 29.8 Å². The van der Waals surface area contributed by atoms with E-state index in [2.05, 4.69) is 20.1 Å². The molecule has 5 heterocycles. The van der Waals surface area contributed by atoms with Gasteiger partial charge in [-0.3, -0.25) is 14.5 Å². The minimum atomic E-state index is -5.38. The van der Waals surface area contributed by atoms with Crippen LogP contribution in [0.3, 0.4) is 0 Å². The number of esters is 1. The summed E-state index contributed by atoms with van der Waals surface area (Å²) < 4.78 is 94.8. The lowest BCUT2D eigenvalue weighted by atomic mass is 10.0. The van der Waals surface area contributed by atoms with Crippen molar-refractivity contribution in [2.24, 2.45) is 11.3 Å². The van der Waals surface area contributed by atoms with Gasteiger partial charge in [0.1, 0.15) is 6.33 Å². The first-order valence-corrected chi connectivity index (χ1v) is 14.5. The predicted octanol–water partition coefficient (Wildman–Crippen LogP) is 3.73. The zero-order valence-electron chi connectivity index (χ0n) is 24.8. The SMILES string of the molecule is CC1(C)C2C(=O)N(Cc3cc4c(-c5cc(C(F)(F)F)cc6ccn(C[C@@H]7CNCCO7)c56)ncnn4c3)C(=O)C21OC(=O)C(F)(F)F. The molecule has 3 aromatic heterocycles. The van der Waals surface area contributed by atoms with Crippen LogP contribution in [-0.2, 0) is 43.1 Å². The maximum Gasteiger partial charge on any atom is 0.490 e. The molecule has 2 saturated heterocycles. The lowest BCUT2D eigenvalue weighted by molar-refractivity contribution is -0.209. The van der Waals surface area contributed by atoms with Crippen LogP contribution in [-0.4, -0.2) is 79.4 Å². The van der Waals surface area contributed by atoms with Crippen molar-refractivity contribution in [3.63, 3.8) is 0 Å². The molecular weight excluding hydrogens is 638 g/mol. The molecule has 2 unspecified atom stereocenters. The highest BCUT2D eigenvalue weighted by molar-refractivity contribution is 6.16. The molecule has 2 aliphatic heterocycles. The van der Waals surface area contributed by atoms with E-state index in [1.165, 1.54) is 30.6 Å². The zero-order valence-corrected chi connectivity index (χ0v) is 24.8. The second kappa shape index (κ2) is 10.2. The number of halogens is 6. The maximum atomic E-state index is 14.0. The van der Waals surface area contributed by atoms with E-state index in [1.807, 2.05) is 0 Å². The first-order valence-electron chi connectivity index (χ1n) is 14.5. The summed E-state index contributed by atoms with van der Waals surface area (Å²) in [5.74, 6) is -5.79. The van der Waals surface area contributed by atoms with Crippen molar-refractivity contribution in [1.29, 1.82) is 0 Å². The van der Waals surface area contributed by atoms with Crippen LogP contribution in [0.15, 0.2) is 43.0 Å². The van der Waals surface area contributed by atoms with Crippen LogP contribution < -0.4 is 5.32 Å². The number of ether oxygens (including phenoxy) is 2. The largest absolute Gasteiger partial charge is 0.490 e. The van der Waals surface area contributed by atoms with Crippen LogP contribution in [0.1, 0.15) is 25.0 Å². The molecule has 0 radical (unpaired) electrons. The summed E-state index contributed by atoms with van der Waals surface area (Å²) in [6.07, 6.45) is -6.03. The fourth-order valence-electron chi connectivity index (χ4n) is 6.91. The molecule has 1 N–H and O–H groups in total. The van der Waals surface area contributed by atoms with Crippen LogP contribution >= 0.6 is 0 Å². The highest BCUT2D eigenvalue weighted by atomic mass is 19.4. The number of rotatable bonds is 6. The van der Waals surface area contributed by atoms with Crippen LogP contribution in [0.2, 0.25) is 0 Å². The number of nitrogens with one attached hydrogen (secondary N) is 1. The van der Waals surface area contributed by atoms with Crippen LogP contribution in [0, 0.1) is 11.3 Å². The van der Waals surface area contributed by atoms with Crippen molar-refractivity contribution in [3.8, 4) is 11.3 Å². The Morgan fingerprint density at radius 3 is 2.60 bits per heavy atom. The van der Waals surface area contributed by atoms with E-state index in [1.54, 1.807) is 16.8 Å². The molecule has 3 atom stereocenters. The number of hydrogen-bond donors (Lipinski definition) is 1. The summed E-state index contributed by atoms with van der Waals surface area (Å²) in [7, 11) is 0. The lowest BCUT2D eigenvalue weighted by Gasteiger charge is -2.25. The molecule has 248 valence electrons. The zero-order chi connectivity index (χ0) is 33.7. The number of nitrogens with zero attached hydrogens (tertiary/aromatic N) is 5. The quantitative estimate of drug-likeness (QED) is 0.188. The number of alkyl halides is 6. The molecule has 17 heteroatoms. The van der Waals surface area contributed by atoms with Gasteiger partial charge in [0, 0.05) is 41.8 Å². The van der Waals surface area contributed by atoms with Crippen molar-refractivity contribution in [2.45, 2.75) is 51.0 Å². The highest BCUT2D eigenvalue weighted by Gasteiger charge is 2.88. The third-order valence-corrected chi connectivity index (χ3v) is 9.21. The van der Waals surface area contributed by atoms with Gasteiger partial charge in [-0.15, -0.1) is 0 Å². The third-order valence-electron chi connectivity index (χ3n) is 9.21. The number of carbonyl (C=O) groups is 3. The topological polar surface area (TPSA) is 120 Å². The van der Waals surface area contributed by atoms with Crippen molar-refractivity contribution in [2.75, 3.05) is 19.7 Å². The molecule has 0 bridgehead atoms. The van der Waals surface area contributed by atoms with Gasteiger partial charge in [0.2, 0.25) is 11.5 Å². The average Bonchev–Trinajstić information content (AvgIpc) is 3.41. The van der Waals surface area contributed by atoms with E-state index in [0.717, 1.165) is 18.5 Å². The van der Waals surface area contributed by atoms with E-state index in [4.69, 9.17) is 4.74 Å². The van der Waals surface area contributed by atoms with Gasteiger partial charge in [0.25, 0.3) is 5.91 Å². The second-order valence-corrected chi connectivity index (χ2v) is 12.4. The molecule has 4 aromatic rings. The first kappa shape index (κ1) is 31.1. The Morgan fingerprint density at radius 1 is 1.15 bits per heavy atom. The summed E-state index contributed by atoms with van der Waals surface area (Å²) in [5.41, 5.74) is -3.28. The number of fused-ring (bicyclic) bond motifs is 3. The number of carbonyl (C=O) groups excluding carboxylic acids is 3. The van der Waals surface area contributed by atoms with Crippen LogP contribution in [0.25, 0.3) is 27.7 Å². The van der Waals surface area contributed by atoms with Gasteiger partial charge < -0.3 is 19.4 Å². The fourth-order valence-corrected chi connectivity index (χ4v) is 6.91. The Kier molecular flexibility index (Phi) is 6.78. The number of amides is 2. The minimum Gasteiger partial charge on any atom is -0.441 e. The molecule has 2 amide bonds. The summed E-state index contributed by atoms with van der Waals surface area (Å²) in [6, 6.07) is 5.10. The van der Waals surface area contributed by atoms with E-state index in [-0.39, 0.29) is 28.4 Å². The van der Waals surface area contributed by atoms with Gasteiger partial charge in [-0.1, -0.05) is 13.8 Å². The summed E-state index contributed by atoms with van der Waals surface area (Å²) in [4.78, 5) is 43.4. The Bertz CT molecular complexity index is 1960. The fraction of sp³-hybridized carbons (Fsp3) is 0.433. The lowest BCUT2D eigenvalue weighted by Crippen LogP contribution is -2.45. The molecule has 1 saturated carbocycles. The summed E-state index contributed by atoms with van der Waals surface area (Å²) >= 11 is 0. The van der Waals surface area contributed by atoms with E-state index in [9.17, 15) is 40.7 Å². The van der Waals surface area contributed by atoms with E-state index in [0.29, 0.717) is 42.0 Å². The Labute approximate surface area is 261 Å². The van der Waals surface area contributed by atoms with Crippen LogP contribution in [0.5, 0.6) is 0 Å². The molecule has 3 aliphatic rings. The summed E-state index contributed by atoms with van der Waals surface area (Å²) in [6.45, 7) is 4.39. The highest BCUT2D eigenvalue weighted by Crippen LogP contribution is 2.69. The monoisotopic (exact) mass is 664 g/mol. The molecule has 0 spiro atoms. The van der Waals surface area contributed by atoms with E-state index < -0.39 is 59.2 Å². The number of piperidine rings is 1. The Hall–Kier alpha value is -4.51. The summed E-state index contributed by atoms with van der Waals surface area (Å²) in [5, 5.41) is 7.69. The van der Waals surface area contributed by atoms with Gasteiger partial charge >= 0.3 is 18.3 Å². The molecule has 11 nitrogen and oxygen atoms in total. The number of aromatic nitrogens is 4. The van der Waals surface area contributed by atoms with Crippen molar-refractivity contribution in [3.05, 3.63) is 54.1 Å². The van der Waals surface area contributed by atoms with Gasteiger partial charge in [-0.2, -0.15) is 31.4 Å². The van der Waals surface area contributed by atoms with Crippen molar-refractivity contribution in [1.82, 2.24) is 29.4 Å². The van der Waals surface area contributed by atoms with Crippen LogP contribution in [0.4, 0.5) is 26.3 Å². The maximum absolute atomic E-state index is 14.0. The molecule has 7 rings (SSSR count). The van der Waals surface area contributed by atoms with Gasteiger partial charge in [0.15, 0.2) is 0 Å². The number of hydrogen-bond acceptors (Lipinski definition) is 8. The molecular formula is C30H26F6N6O5. The second-order valence-electron chi connectivity index (χ2n) is 12.4. The number of imide groups is 1. The average molecular weight is 665 g/mol. The molecule has 1 aromatic carbocycles. The van der Waals surface area contributed by atoms with Gasteiger partial charge in [-0.25, -0.2) is 14.3 Å². The third kappa shape index (κ3) is 4.77. The molecule has 1 aliphatic carbocycles. The minimum absolute atomic E-state index is 0.128. The Balaban J connectivity index is 1.26. The Morgan fingerprint density at radius 2 is 1.91 bits per heavy atom. The number of likely N-dealkylation sites (tertiary alicyclic amines) is 1. The standard InChI is InChI=1S/C30H26F6N6O5/c1-27(2)23-24(43)41(25(44)28(23,27)47-26(45)30(34,35)36)11-15-7-20-21(38-14-39-42(20)12-15)19-9-17(29(31,32)33)8-16-3-5-40(22(16)19)13-18-10-37-4-6-46-18/h3,5,7-9,12,14,18,23,37H,4,6,10-11,13H2,1-2H3/t18-,23?,28?/m0/s1. The van der Waals surface area contributed by atoms with Crippen molar-refractivity contribution < 1.29 is 50.2 Å². The molecule has 3 fully saturated rings. The molecule has 47 heavy (non-hydrogen) atoms. The number of benzene rings is 1. The van der Waals surface area contributed by atoms with Gasteiger partial charge in [0.05, 0.1) is 54.0 Å². The van der Waals surface area contributed by atoms with E-state index >= 15 is 0 Å². The van der Waals surface area contributed by atoms with Crippen molar-refractivity contribution >= 4 is 34.2 Å². The normalized spacial score (nSPS) is 24.3. The number of morpholine rings is 1.